The molecule has 14 heteroatoms. The van der Waals surface area contributed by atoms with Crippen LogP contribution in [0.1, 0.15) is 91.0 Å². The van der Waals surface area contributed by atoms with Gasteiger partial charge >= 0.3 is 12.2 Å². The van der Waals surface area contributed by atoms with Crippen molar-refractivity contribution in [3.63, 3.8) is 0 Å². The predicted molar refractivity (Wildman–Crippen MR) is 210 cm³/mol. The normalized spacial score (nSPS) is 18.0. The summed E-state index contributed by atoms with van der Waals surface area (Å²) < 4.78 is 19.7. The van der Waals surface area contributed by atoms with Crippen LogP contribution in [0.15, 0.2) is 48.8 Å². The molecule has 1 unspecified atom stereocenters. The fraction of sp³-hybridized carbons (Fsp3) is 0.550. The van der Waals surface area contributed by atoms with Crippen molar-refractivity contribution in [1.82, 2.24) is 39.5 Å². The first-order chi connectivity index (χ1) is 25.5. The number of H-pyrrole nitrogens is 1. The van der Waals surface area contributed by atoms with Gasteiger partial charge in [-0.25, -0.2) is 19.6 Å². The second-order valence-electron chi connectivity index (χ2n) is 17.5. The molecular formula is C40H56N8O5Si. The van der Waals surface area contributed by atoms with Crippen LogP contribution in [-0.4, -0.2) is 90.7 Å². The van der Waals surface area contributed by atoms with E-state index in [9.17, 15) is 9.59 Å². The van der Waals surface area contributed by atoms with Crippen LogP contribution in [0, 0.1) is 0 Å². The van der Waals surface area contributed by atoms with Gasteiger partial charge < -0.3 is 23.8 Å². The van der Waals surface area contributed by atoms with Crippen LogP contribution in [0.5, 0.6) is 0 Å². The van der Waals surface area contributed by atoms with Crippen LogP contribution < -0.4 is 0 Å². The number of carbonyl (C=O) groups is 2. The first kappa shape index (κ1) is 39.1. The number of nitrogens with zero attached hydrogens (tertiary/aromatic N) is 7. The molecule has 2 amide bonds. The third kappa shape index (κ3) is 9.56. The molecule has 0 radical (unpaired) electrons. The van der Waals surface area contributed by atoms with Gasteiger partial charge in [0.25, 0.3) is 0 Å². The Bertz CT molecular complexity index is 1900. The Hall–Kier alpha value is -4.56. The van der Waals surface area contributed by atoms with Gasteiger partial charge in [-0.2, -0.15) is 0 Å². The van der Waals surface area contributed by atoms with Crippen molar-refractivity contribution in [2.24, 2.45) is 0 Å². The molecule has 4 aromatic rings. The van der Waals surface area contributed by atoms with E-state index in [0.29, 0.717) is 32.1 Å². The van der Waals surface area contributed by atoms with E-state index >= 15 is 0 Å². The number of carbonyl (C=O) groups excluding carboxylic acids is 2. The first-order valence-corrected chi connectivity index (χ1v) is 22.8. The number of ether oxygens (including phenoxy) is 3. The highest BCUT2D eigenvalue weighted by Crippen LogP contribution is 2.36. The molecule has 2 aliphatic rings. The van der Waals surface area contributed by atoms with Gasteiger partial charge in [0.2, 0.25) is 0 Å². The van der Waals surface area contributed by atoms with E-state index in [4.69, 9.17) is 19.2 Å². The van der Waals surface area contributed by atoms with Crippen molar-refractivity contribution in [3.8, 4) is 33.9 Å². The third-order valence-electron chi connectivity index (χ3n) is 9.49. The highest BCUT2D eigenvalue weighted by molar-refractivity contribution is 6.76. The van der Waals surface area contributed by atoms with Crippen molar-refractivity contribution < 1.29 is 23.8 Å². The molecule has 5 heterocycles. The number of hydrogen-bond donors (Lipinski definition) is 1. The maximum absolute atomic E-state index is 13.2. The zero-order chi connectivity index (χ0) is 38.8. The molecule has 1 N–H and O–H groups in total. The molecule has 6 rings (SSSR count). The Kier molecular flexibility index (Phi) is 11.3. The third-order valence-corrected chi connectivity index (χ3v) is 11.2. The van der Waals surface area contributed by atoms with Crippen molar-refractivity contribution in [1.29, 1.82) is 0 Å². The minimum atomic E-state index is -1.29. The Labute approximate surface area is 319 Å². The van der Waals surface area contributed by atoms with Gasteiger partial charge in [0.15, 0.2) is 0 Å². The number of aromatic amines is 1. The van der Waals surface area contributed by atoms with Gasteiger partial charge in [-0.15, -0.1) is 10.2 Å². The smallest absolute Gasteiger partial charge is 0.410 e. The van der Waals surface area contributed by atoms with Gasteiger partial charge in [-0.05, 0) is 91.0 Å². The van der Waals surface area contributed by atoms with E-state index in [2.05, 4.69) is 39.8 Å². The molecule has 2 atom stereocenters. The number of amides is 2. The van der Waals surface area contributed by atoms with E-state index < -0.39 is 19.3 Å². The van der Waals surface area contributed by atoms with Gasteiger partial charge in [0, 0.05) is 33.3 Å². The first-order valence-electron chi connectivity index (χ1n) is 19.1. The number of aromatic nitrogens is 6. The number of nitrogens with one attached hydrogen (secondary N) is 1. The Morgan fingerprint density at radius 3 is 1.94 bits per heavy atom. The van der Waals surface area contributed by atoms with Crippen molar-refractivity contribution >= 4 is 20.3 Å². The Morgan fingerprint density at radius 1 is 0.778 bits per heavy atom. The van der Waals surface area contributed by atoms with E-state index in [0.717, 1.165) is 71.6 Å². The number of imidazole rings is 2. The summed E-state index contributed by atoms with van der Waals surface area (Å²) in [5.41, 5.74) is 3.81. The minimum absolute atomic E-state index is 0.146. The molecule has 3 aromatic heterocycles. The second kappa shape index (κ2) is 15.7. The van der Waals surface area contributed by atoms with E-state index in [1.54, 1.807) is 16.0 Å². The van der Waals surface area contributed by atoms with E-state index in [1.807, 2.05) is 88.7 Å². The fourth-order valence-electron chi connectivity index (χ4n) is 6.79. The molecule has 290 valence electrons. The fourth-order valence-corrected chi connectivity index (χ4v) is 7.55. The van der Waals surface area contributed by atoms with Crippen LogP contribution in [0.25, 0.3) is 33.9 Å². The number of hydrogen-bond acceptors (Lipinski definition) is 9. The van der Waals surface area contributed by atoms with Crippen LogP contribution in [0.2, 0.25) is 25.7 Å². The molecule has 13 nitrogen and oxygen atoms in total. The molecule has 0 bridgehead atoms. The highest BCUT2D eigenvalue weighted by atomic mass is 28.3. The molecule has 0 aliphatic carbocycles. The van der Waals surface area contributed by atoms with Crippen molar-refractivity contribution in [2.75, 3.05) is 19.7 Å². The lowest BCUT2D eigenvalue weighted by molar-refractivity contribution is 0.0199. The molecule has 0 spiro atoms. The highest BCUT2D eigenvalue weighted by Gasteiger charge is 2.37. The van der Waals surface area contributed by atoms with Crippen molar-refractivity contribution in [3.05, 3.63) is 60.4 Å². The van der Waals surface area contributed by atoms with Crippen LogP contribution >= 0.6 is 0 Å². The molecular weight excluding hydrogens is 701 g/mol. The zero-order valence-electron chi connectivity index (χ0n) is 33.3. The van der Waals surface area contributed by atoms with Gasteiger partial charge in [0.1, 0.15) is 35.3 Å². The van der Waals surface area contributed by atoms with E-state index in [-0.39, 0.29) is 24.3 Å². The lowest BCUT2D eigenvalue weighted by Gasteiger charge is -2.29. The molecule has 2 saturated heterocycles. The summed E-state index contributed by atoms with van der Waals surface area (Å²) >= 11 is 0. The second-order valence-corrected chi connectivity index (χ2v) is 23.1. The lowest BCUT2D eigenvalue weighted by atomic mass is 10.1. The monoisotopic (exact) mass is 756 g/mol. The molecule has 0 saturated carbocycles. The summed E-state index contributed by atoms with van der Waals surface area (Å²) in [7, 11) is -1.29. The maximum Gasteiger partial charge on any atom is 0.410 e. The molecule has 2 fully saturated rings. The standard InChI is InChI=1S/C40H56N8O5Si/c1-39(2,3)52-37(49)46-20-10-12-32(46)35-41-24-31(43-35)28-16-14-27(15-17-28)29-18-19-30(45-44-29)34-25-42-36(48(34)26-51-22-23-54(7,8)9)33-13-11-21-47(33)38(50)53-40(4,5)6/h14-19,24-25,32-33H,10-13,20-23,26H2,1-9H3,(H,41,43)/t32?,33-/m0/s1. The Balaban J connectivity index is 1.18. The van der Waals surface area contributed by atoms with Gasteiger partial charge in [0.05, 0.1) is 41.6 Å². The van der Waals surface area contributed by atoms with Crippen molar-refractivity contribution in [2.45, 2.75) is 123 Å². The van der Waals surface area contributed by atoms with Gasteiger partial charge in [-0.1, -0.05) is 43.9 Å². The van der Waals surface area contributed by atoms with Crippen LogP contribution in [-0.2, 0) is 20.9 Å². The number of likely N-dealkylation sites (tertiary alicyclic amines) is 2. The zero-order valence-corrected chi connectivity index (χ0v) is 34.3. The van der Waals surface area contributed by atoms with E-state index in [1.165, 1.54) is 0 Å². The summed E-state index contributed by atoms with van der Waals surface area (Å²) in [5.74, 6) is 1.52. The summed E-state index contributed by atoms with van der Waals surface area (Å²) in [6, 6.07) is 12.7. The summed E-state index contributed by atoms with van der Waals surface area (Å²) in [6.45, 7) is 20.5. The molecule has 1 aromatic carbocycles. The van der Waals surface area contributed by atoms with Crippen LogP contribution in [0.4, 0.5) is 9.59 Å². The number of rotatable bonds is 10. The molecule has 54 heavy (non-hydrogen) atoms. The summed E-state index contributed by atoms with van der Waals surface area (Å²) in [6.07, 6.45) is 6.36. The largest absolute Gasteiger partial charge is 0.444 e. The minimum Gasteiger partial charge on any atom is -0.444 e. The average Bonchev–Trinajstić information content (AvgIpc) is 3.91. The number of benzene rings is 1. The predicted octanol–water partition coefficient (Wildman–Crippen LogP) is 8.85. The topological polar surface area (TPSA) is 141 Å². The lowest BCUT2D eigenvalue weighted by Crippen LogP contribution is -2.37. The summed E-state index contributed by atoms with van der Waals surface area (Å²) in [4.78, 5) is 42.5. The summed E-state index contributed by atoms with van der Waals surface area (Å²) in [5, 5.41) is 9.26. The Morgan fingerprint density at radius 2 is 1.35 bits per heavy atom. The molecule has 2 aliphatic heterocycles. The average molecular weight is 757 g/mol. The SMILES string of the molecule is CC(C)(C)OC(=O)N1CCCC1c1ncc(-c2ccc(-c3ccc(-c4cnc([C@@H]5CCCN5C(=O)OC(C)(C)C)n4COCC[Si](C)(C)C)nn3)cc2)[nH]1. The quantitative estimate of drug-likeness (QED) is 0.124. The van der Waals surface area contributed by atoms with Crippen LogP contribution in [0.3, 0.4) is 0 Å². The maximum atomic E-state index is 13.2. The van der Waals surface area contributed by atoms with Gasteiger partial charge in [-0.3, -0.25) is 9.80 Å².